The standard InChI is InChI=1S/C25H19NO2S/c1-18-12-14-24-22(16-18)23-17-21(29(27,28)20-10-6-3-7-11-20)13-15-25(23)26(24)19-8-4-2-5-9-19/h2-17H,1H3. The first kappa shape index (κ1) is 17.7. The Morgan fingerprint density at radius 2 is 1.21 bits per heavy atom. The molecule has 142 valence electrons. The Labute approximate surface area is 169 Å². The van der Waals surface area contributed by atoms with Crippen LogP contribution >= 0.6 is 0 Å². The van der Waals surface area contributed by atoms with Crippen molar-refractivity contribution < 1.29 is 8.42 Å². The monoisotopic (exact) mass is 397 g/mol. The number of rotatable bonds is 3. The number of sulfone groups is 1. The number of aromatic nitrogens is 1. The first-order valence-electron chi connectivity index (χ1n) is 9.46. The Hall–Kier alpha value is -3.37. The fourth-order valence-corrected chi connectivity index (χ4v) is 5.18. The van der Waals surface area contributed by atoms with Gasteiger partial charge in [0, 0.05) is 16.5 Å². The maximum Gasteiger partial charge on any atom is 0.206 e. The van der Waals surface area contributed by atoms with Gasteiger partial charge < -0.3 is 4.57 Å². The minimum atomic E-state index is -3.57. The van der Waals surface area contributed by atoms with Gasteiger partial charge in [0.1, 0.15) is 0 Å². The Balaban J connectivity index is 1.84. The van der Waals surface area contributed by atoms with Crippen molar-refractivity contribution in [2.45, 2.75) is 16.7 Å². The zero-order valence-electron chi connectivity index (χ0n) is 15.9. The van der Waals surface area contributed by atoms with Crippen LogP contribution in [0.25, 0.3) is 27.5 Å². The van der Waals surface area contributed by atoms with Gasteiger partial charge in [-0.1, -0.05) is 48.0 Å². The highest BCUT2D eigenvalue weighted by atomic mass is 32.2. The van der Waals surface area contributed by atoms with Crippen LogP contribution in [0.15, 0.2) is 107 Å². The third-order valence-corrected chi connectivity index (χ3v) is 7.04. The molecule has 0 unspecified atom stereocenters. The van der Waals surface area contributed by atoms with E-state index in [-0.39, 0.29) is 0 Å². The van der Waals surface area contributed by atoms with Crippen molar-refractivity contribution in [3.8, 4) is 5.69 Å². The lowest BCUT2D eigenvalue weighted by Gasteiger charge is -2.08. The summed E-state index contributed by atoms with van der Waals surface area (Å²) in [4.78, 5) is 0.618. The molecule has 5 aromatic rings. The molecule has 0 aliphatic heterocycles. The lowest BCUT2D eigenvalue weighted by molar-refractivity contribution is 0.596. The van der Waals surface area contributed by atoms with Crippen LogP contribution in [0.3, 0.4) is 0 Å². The molecule has 0 bridgehead atoms. The van der Waals surface area contributed by atoms with Gasteiger partial charge in [-0.2, -0.15) is 0 Å². The third kappa shape index (κ3) is 2.84. The van der Waals surface area contributed by atoms with Crippen molar-refractivity contribution in [1.82, 2.24) is 4.57 Å². The molecule has 0 radical (unpaired) electrons. The number of para-hydroxylation sites is 1. The van der Waals surface area contributed by atoms with E-state index in [1.54, 1.807) is 36.4 Å². The highest BCUT2D eigenvalue weighted by molar-refractivity contribution is 7.91. The lowest BCUT2D eigenvalue weighted by Crippen LogP contribution is -2.01. The highest BCUT2D eigenvalue weighted by Crippen LogP contribution is 2.35. The minimum Gasteiger partial charge on any atom is -0.309 e. The van der Waals surface area contributed by atoms with Crippen molar-refractivity contribution in [2.24, 2.45) is 0 Å². The second-order valence-corrected chi connectivity index (χ2v) is 9.14. The number of nitrogens with zero attached hydrogens (tertiary/aromatic N) is 1. The third-order valence-electron chi connectivity index (χ3n) is 5.27. The maximum absolute atomic E-state index is 13.2. The molecule has 0 amide bonds. The molecular formula is C25H19NO2S. The quantitative estimate of drug-likeness (QED) is 0.379. The van der Waals surface area contributed by atoms with Gasteiger partial charge in [-0.05, 0) is 61.5 Å². The summed E-state index contributed by atoms with van der Waals surface area (Å²) in [7, 11) is -3.57. The van der Waals surface area contributed by atoms with Crippen molar-refractivity contribution in [2.75, 3.05) is 0 Å². The van der Waals surface area contributed by atoms with E-state index >= 15 is 0 Å². The number of fused-ring (bicyclic) bond motifs is 3. The van der Waals surface area contributed by atoms with Crippen molar-refractivity contribution >= 4 is 31.6 Å². The van der Waals surface area contributed by atoms with Crippen LogP contribution in [0.1, 0.15) is 5.56 Å². The van der Waals surface area contributed by atoms with Gasteiger partial charge in [-0.25, -0.2) is 8.42 Å². The van der Waals surface area contributed by atoms with E-state index in [1.807, 2.05) is 30.3 Å². The van der Waals surface area contributed by atoms with Crippen LogP contribution in [0.5, 0.6) is 0 Å². The molecule has 0 fully saturated rings. The summed E-state index contributed by atoms with van der Waals surface area (Å²) in [6.07, 6.45) is 0. The van der Waals surface area contributed by atoms with Gasteiger partial charge in [-0.3, -0.25) is 0 Å². The van der Waals surface area contributed by atoms with Gasteiger partial charge in [0.2, 0.25) is 9.84 Å². The molecule has 0 saturated carbocycles. The van der Waals surface area contributed by atoms with E-state index in [0.29, 0.717) is 9.79 Å². The second-order valence-electron chi connectivity index (χ2n) is 7.19. The molecule has 1 heterocycles. The summed E-state index contributed by atoms with van der Waals surface area (Å²) in [6.45, 7) is 2.05. The molecule has 4 heteroatoms. The Morgan fingerprint density at radius 3 is 1.90 bits per heavy atom. The first-order valence-corrected chi connectivity index (χ1v) is 10.9. The molecule has 0 atom stereocenters. The first-order chi connectivity index (χ1) is 14.1. The zero-order chi connectivity index (χ0) is 20.0. The van der Waals surface area contributed by atoms with Crippen molar-refractivity contribution in [3.63, 3.8) is 0 Å². The summed E-state index contributed by atoms with van der Waals surface area (Å²) < 4.78 is 28.5. The van der Waals surface area contributed by atoms with Crippen LogP contribution in [0, 0.1) is 6.92 Å². The average molecular weight is 397 g/mol. The Bertz CT molecular complexity index is 1450. The van der Waals surface area contributed by atoms with Gasteiger partial charge in [0.15, 0.2) is 0 Å². The molecule has 0 spiro atoms. The van der Waals surface area contributed by atoms with Crippen molar-refractivity contribution in [1.29, 1.82) is 0 Å². The topological polar surface area (TPSA) is 39.1 Å². The molecule has 0 aliphatic carbocycles. The fraction of sp³-hybridized carbons (Fsp3) is 0.0400. The van der Waals surface area contributed by atoms with Crippen LogP contribution in [-0.4, -0.2) is 13.0 Å². The molecule has 0 aliphatic rings. The predicted octanol–water partition coefficient (Wildman–Crippen LogP) is 5.92. The number of benzene rings is 4. The van der Waals surface area contributed by atoms with Crippen molar-refractivity contribution in [3.05, 3.63) is 103 Å². The number of hydrogen-bond donors (Lipinski definition) is 0. The summed E-state index contributed by atoms with van der Waals surface area (Å²) in [5.41, 5.74) is 4.24. The van der Waals surface area contributed by atoms with E-state index in [2.05, 4.69) is 41.8 Å². The van der Waals surface area contributed by atoms with E-state index < -0.39 is 9.84 Å². The molecule has 29 heavy (non-hydrogen) atoms. The van der Waals surface area contributed by atoms with Crippen LogP contribution in [0.2, 0.25) is 0 Å². The molecule has 5 rings (SSSR count). The Morgan fingerprint density at radius 1 is 0.621 bits per heavy atom. The highest BCUT2D eigenvalue weighted by Gasteiger charge is 2.20. The van der Waals surface area contributed by atoms with Gasteiger partial charge in [0.05, 0.1) is 20.8 Å². The molecule has 1 aromatic heterocycles. The Kier molecular flexibility index (Phi) is 4.03. The summed E-state index contributed by atoms with van der Waals surface area (Å²) in [5.74, 6) is 0. The van der Waals surface area contributed by atoms with Crippen LogP contribution < -0.4 is 0 Å². The van der Waals surface area contributed by atoms with Gasteiger partial charge >= 0.3 is 0 Å². The summed E-state index contributed by atoms with van der Waals surface area (Å²) in [5, 5.41) is 1.98. The SMILES string of the molecule is Cc1ccc2c(c1)c1cc(S(=O)(=O)c3ccccc3)ccc1n2-c1ccccc1. The van der Waals surface area contributed by atoms with E-state index in [9.17, 15) is 8.42 Å². The smallest absolute Gasteiger partial charge is 0.206 e. The molecule has 0 N–H and O–H groups in total. The van der Waals surface area contributed by atoms with Crippen LogP contribution in [-0.2, 0) is 9.84 Å². The molecule has 4 aromatic carbocycles. The van der Waals surface area contributed by atoms with Crippen LogP contribution in [0.4, 0.5) is 0 Å². The largest absolute Gasteiger partial charge is 0.309 e. The number of hydrogen-bond acceptors (Lipinski definition) is 2. The summed E-state index contributed by atoms with van der Waals surface area (Å²) in [6, 6.07) is 30.4. The minimum absolute atomic E-state index is 0.308. The van der Waals surface area contributed by atoms with Gasteiger partial charge in [0.25, 0.3) is 0 Å². The molecular weight excluding hydrogens is 378 g/mol. The maximum atomic E-state index is 13.2. The second kappa shape index (κ2) is 6.61. The van der Waals surface area contributed by atoms with E-state index in [4.69, 9.17) is 0 Å². The lowest BCUT2D eigenvalue weighted by atomic mass is 10.1. The predicted molar refractivity (Wildman–Crippen MR) is 117 cm³/mol. The summed E-state index contributed by atoms with van der Waals surface area (Å²) >= 11 is 0. The molecule has 3 nitrogen and oxygen atoms in total. The van der Waals surface area contributed by atoms with Gasteiger partial charge in [-0.15, -0.1) is 0 Å². The molecule has 0 saturated heterocycles. The number of aryl methyl sites for hydroxylation is 1. The van der Waals surface area contributed by atoms with E-state index in [1.165, 1.54) is 0 Å². The normalized spacial score (nSPS) is 11.9. The zero-order valence-corrected chi connectivity index (χ0v) is 16.7. The van der Waals surface area contributed by atoms with E-state index in [0.717, 1.165) is 33.1 Å². The average Bonchev–Trinajstić information content (AvgIpc) is 3.08. The fourth-order valence-electron chi connectivity index (χ4n) is 3.87.